The molecule has 5 nitrogen and oxygen atoms in total. The third-order valence-electron chi connectivity index (χ3n) is 4.40. The van der Waals surface area contributed by atoms with E-state index in [2.05, 4.69) is 65.2 Å². The highest BCUT2D eigenvalue weighted by molar-refractivity contribution is 5.82. The van der Waals surface area contributed by atoms with Gasteiger partial charge in [-0.2, -0.15) is 0 Å². The molecule has 0 aliphatic carbocycles. The molecule has 0 saturated carbocycles. The fourth-order valence-corrected chi connectivity index (χ4v) is 3.03. The summed E-state index contributed by atoms with van der Waals surface area (Å²) >= 11 is 0. The van der Waals surface area contributed by atoms with Crippen LogP contribution in [0.5, 0.6) is 0 Å². The number of rotatable bonds is 6. The highest BCUT2D eigenvalue weighted by Gasteiger charge is 2.16. The lowest BCUT2D eigenvalue weighted by Crippen LogP contribution is -2.20. The van der Waals surface area contributed by atoms with Crippen molar-refractivity contribution in [2.45, 2.75) is 27.2 Å². The summed E-state index contributed by atoms with van der Waals surface area (Å²) in [6.45, 7) is 7.06. The molecule has 26 heavy (non-hydrogen) atoms. The highest BCUT2D eigenvalue weighted by Crippen LogP contribution is 2.33. The number of aryl methyl sites for hydroxylation is 2. The normalized spacial score (nSPS) is 10.6. The summed E-state index contributed by atoms with van der Waals surface area (Å²) in [5, 5.41) is 3.37. The van der Waals surface area contributed by atoms with Crippen LogP contribution in [0.2, 0.25) is 0 Å². The summed E-state index contributed by atoms with van der Waals surface area (Å²) in [7, 11) is 0. The van der Waals surface area contributed by atoms with Crippen LogP contribution in [0, 0.1) is 6.92 Å². The predicted molar refractivity (Wildman–Crippen MR) is 109 cm³/mol. The number of nitrogens with zero attached hydrogens (tertiary/aromatic N) is 3. The molecule has 134 valence electrons. The Hall–Kier alpha value is -3.08. The zero-order chi connectivity index (χ0) is 18.5. The third kappa shape index (κ3) is 3.61. The zero-order valence-corrected chi connectivity index (χ0v) is 15.5. The lowest BCUT2D eigenvalue weighted by molar-refractivity contribution is 0.979. The molecule has 0 radical (unpaired) electrons. The molecular weight excluding hydrogens is 322 g/mol. The van der Waals surface area contributed by atoms with Crippen molar-refractivity contribution in [3.63, 3.8) is 0 Å². The molecule has 5 heteroatoms. The number of nitrogens with two attached hydrogens (primary N) is 1. The minimum atomic E-state index is 0.543. The molecule has 0 saturated heterocycles. The lowest BCUT2D eigenvalue weighted by atomic mass is 10.1. The standard InChI is InChI=1S/C21H25N5/c1-4-16-10-6-7-12-18(16)25-20-19(22)21(24-14-23-20)26(5-2)17-11-8-9-15(3)13-17/h6-14H,4-5,22H2,1-3H3,(H,23,24,25). The maximum atomic E-state index is 6.45. The van der Waals surface area contributed by atoms with Crippen molar-refractivity contribution < 1.29 is 0 Å². The maximum absolute atomic E-state index is 6.45. The van der Waals surface area contributed by atoms with E-state index in [-0.39, 0.29) is 0 Å². The fourth-order valence-electron chi connectivity index (χ4n) is 3.03. The highest BCUT2D eigenvalue weighted by atomic mass is 15.2. The fraction of sp³-hybridized carbons (Fsp3) is 0.238. The number of anilines is 5. The van der Waals surface area contributed by atoms with Crippen molar-refractivity contribution >= 4 is 28.7 Å². The van der Waals surface area contributed by atoms with Gasteiger partial charge in [0.15, 0.2) is 11.6 Å². The molecule has 0 fully saturated rings. The Balaban J connectivity index is 1.98. The van der Waals surface area contributed by atoms with E-state index in [0.717, 1.165) is 24.3 Å². The molecule has 2 aromatic carbocycles. The number of nitrogen functional groups attached to an aromatic ring is 1. The van der Waals surface area contributed by atoms with Crippen LogP contribution >= 0.6 is 0 Å². The van der Waals surface area contributed by atoms with Gasteiger partial charge in [-0.05, 0) is 49.6 Å². The molecule has 3 N–H and O–H groups in total. The Labute approximate surface area is 154 Å². The van der Waals surface area contributed by atoms with Gasteiger partial charge in [-0.1, -0.05) is 37.3 Å². The van der Waals surface area contributed by atoms with Crippen molar-refractivity contribution in [1.29, 1.82) is 0 Å². The van der Waals surface area contributed by atoms with Gasteiger partial charge in [0.1, 0.15) is 12.0 Å². The second kappa shape index (κ2) is 7.87. The number of benzene rings is 2. The summed E-state index contributed by atoms with van der Waals surface area (Å²) in [6, 6.07) is 16.5. The van der Waals surface area contributed by atoms with Crippen LogP contribution in [0.25, 0.3) is 0 Å². The number of hydrogen-bond acceptors (Lipinski definition) is 5. The van der Waals surface area contributed by atoms with Crippen LogP contribution in [-0.4, -0.2) is 16.5 Å². The van der Waals surface area contributed by atoms with Crippen molar-refractivity contribution in [2.75, 3.05) is 22.5 Å². The smallest absolute Gasteiger partial charge is 0.161 e. The van der Waals surface area contributed by atoms with Gasteiger partial charge in [-0.15, -0.1) is 0 Å². The minimum absolute atomic E-state index is 0.543. The van der Waals surface area contributed by atoms with Gasteiger partial charge in [0.05, 0.1) is 0 Å². The number of para-hydroxylation sites is 1. The average molecular weight is 347 g/mol. The summed E-state index contributed by atoms with van der Waals surface area (Å²) in [4.78, 5) is 10.9. The first-order chi connectivity index (χ1) is 12.6. The second-order valence-electron chi connectivity index (χ2n) is 6.18. The predicted octanol–water partition coefficient (Wildman–Crippen LogP) is 4.83. The Morgan fingerprint density at radius 2 is 1.85 bits per heavy atom. The number of hydrogen-bond donors (Lipinski definition) is 2. The van der Waals surface area contributed by atoms with Crippen molar-refractivity contribution in [1.82, 2.24) is 9.97 Å². The molecule has 1 heterocycles. The van der Waals surface area contributed by atoms with Gasteiger partial charge >= 0.3 is 0 Å². The molecular formula is C21H25N5. The van der Waals surface area contributed by atoms with Crippen LogP contribution in [0.3, 0.4) is 0 Å². The summed E-state index contributed by atoms with van der Waals surface area (Å²) in [6.07, 6.45) is 2.49. The van der Waals surface area contributed by atoms with E-state index in [1.54, 1.807) is 6.33 Å². The first kappa shape index (κ1) is 17.7. The molecule has 3 aromatic rings. The molecule has 0 bridgehead atoms. The van der Waals surface area contributed by atoms with Gasteiger partial charge in [0, 0.05) is 17.9 Å². The summed E-state index contributed by atoms with van der Waals surface area (Å²) < 4.78 is 0. The van der Waals surface area contributed by atoms with E-state index in [0.29, 0.717) is 17.3 Å². The molecule has 1 aromatic heterocycles. The van der Waals surface area contributed by atoms with E-state index in [4.69, 9.17) is 5.73 Å². The van der Waals surface area contributed by atoms with Crippen LogP contribution in [-0.2, 0) is 6.42 Å². The molecule has 0 atom stereocenters. The topological polar surface area (TPSA) is 67.1 Å². The van der Waals surface area contributed by atoms with Crippen molar-refractivity contribution in [3.8, 4) is 0 Å². The molecule has 3 rings (SSSR count). The minimum Gasteiger partial charge on any atom is -0.393 e. The van der Waals surface area contributed by atoms with Crippen LogP contribution < -0.4 is 16.0 Å². The number of nitrogens with one attached hydrogen (secondary N) is 1. The van der Waals surface area contributed by atoms with Crippen molar-refractivity contribution in [2.24, 2.45) is 0 Å². The van der Waals surface area contributed by atoms with Gasteiger partial charge in [0.25, 0.3) is 0 Å². The van der Waals surface area contributed by atoms with Crippen LogP contribution in [0.4, 0.5) is 28.7 Å². The third-order valence-corrected chi connectivity index (χ3v) is 4.40. The van der Waals surface area contributed by atoms with E-state index in [9.17, 15) is 0 Å². The van der Waals surface area contributed by atoms with Gasteiger partial charge < -0.3 is 16.0 Å². The molecule has 0 aliphatic rings. The van der Waals surface area contributed by atoms with E-state index < -0.39 is 0 Å². The van der Waals surface area contributed by atoms with E-state index >= 15 is 0 Å². The zero-order valence-electron chi connectivity index (χ0n) is 15.5. The molecule has 0 amide bonds. The lowest BCUT2D eigenvalue weighted by Gasteiger charge is -2.24. The van der Waals surface area contributed by atoms with Crippen LogP contribution in [0.1, 0.15) is 25.0 Å². The van der Waals surface area contributed by atoms with Gasteiger partial charge in [0.2, 0.25) is 0 Å². The van der Waals surface area contributed by atoms with E-state index in [1.807, 2.05) is 24.3 Å². The largest absolute Gasteiger partial charge is 0.393 e. The Morgan fingerprint density at radius 3 is 2.58 bits per heavy atom. The summed E-state index contributed by atoms with van der Waals surface area (Å²) in [5.41, 5.74) is 11.5. The van der Waals surface area contributed by atoms with Crippen molar-refractivity contribution in [3.05, 3.63) is 66.0 Å². The molecule has 0 unspecified atom stereocenters. The monoisotopic (exact) mass is 347 g/mol. The Bertz CT molecular complexity index is 891. The number of aromatic nitrogens is 2. The first-order valence-corrected chi connectivity index (χ1v) is 8.93. The van der Waals surface area contributed by atoms with Crippen LogP contribution in [0.15, 0.2) is 54.9 Å². The van der Waals surface area contributed by atoms with Gasteiger partial charge in [-0.3, -0.25) is 0 Å². The first-order valence-electron chi connectivity index (χ1n) is 8.93. The Kier molecular flexibility index (Phi) is 5.37. The van der Waals surface area contributed by atoms with E-state index in [1.165, 1.54) is 11.1 Å². The molecule has 0 aliphatic heterocycles. The maximum Gasteiger partial charge on any atom is 0.161 e. The SMILES string of the molecule is CCc1ccccc1Nc1ncnc(N(CC)c2cccc(C)c2)c1N. The van der Waals surface area contributed by atoms with Gasteiger partial charge in [-0.25, -0.2) is 9.97 Å². The molecule has 0 spiro atoms. The summed E-state index contributed by atoms with van der Waals surface area (Å²) in [5.74, 6) is 1.34. The Morgan fingerprint density at radius 1 is 1.04 bits per heavy atom. The average Bonchev–Trinajstić information content (AvgIpc) is 2.66. The second-order valence-corrected chi connectivity index (χ2v) is 6.18. The quantitative estimate of drug-likeness (QED) is 0.668.